The molecule has 0 heterocycles. The number of amides is 1. The molecule has 2 heteroatoms. The van der Waals surface area contributed by atoms with Crippen LogP contribution >= 0.6 is 0 Å². The molecule has 0 aromatic carbocycles. The monoisotopic (exact) mass is 223 g/mol. The molecule has 2 rings (SSSR count). The summed E-state index contributed by atoms with van der Waals surface area (Å²) in [5, 5.41) is 0. The maximum atomic E-state index is 12.5. The maximum absolute atomic E-state index is 12.5. The average Bonchev–Trinajstić information content (AvgIpc) is 2.93. The SMILES string of the molecule is CC(C)C(C)N(C(=O)C1CCCC1)C1CC1. The Hall–Kier alpha value is -0.530. The normalized spacial score (nSPS) is 23.8. The third kappa shape index (κ3) is 2.41. The number of rotatable bonds is 4. The molecule has 2 aliphatic rings. The molecule has 0 aromatic heterocycles. The molecule has 0 saturated heterocycles. The van der Waals surface area contributed by atoms with E-state index in [1.165, 1.54) is 25.7 Å². The number of nitrogens with zero attached hydrogens (tertiary/aromatic N) is 1. The van der Waals surface area contributed by atoms with Crippen molar-refractivity contribution in [2.75, 3.05) is 0 Å². The number of hydrogen-bond acceptors (Lipinski definition) is 1. The molecule has 0 spiro atoms. The predicted octanol–water partition coefficient (Wildman–Crippen LogP) is 3.21. The van der Waals surface area contributed by atoms with Crippen LogP contribution in [0.5, 0.6) is 0 Å². The van der Waals surface area contributed by atoms with Gasteiger partial charge in [0.05, 0.1) is 0 Å². The summed E-state index contributed by atoms with van der Waals surface area (Å²) in [6.45, 7) is 6.67. The minimum atomic E-state index is 0.349. The summed E-state index contributed by atoms with van der Waals surface area (Å²) in [7, 11) is 0. The first-order valence-electron chi connectivity index (χ1n) is 6.93. The Morgan fingerprint density at radius 1 is 1.06 bits per heavy atom. The Bertz CT molecular complexity index is 251. The van der Waals surface area contributed by atoms with Crippen LogP contribution in [0.2, 0.25) is 0 Å². The van der Waals surface area contributed by atoms with Gasteiger partial charge in [-0.25, -0.2) is 0 Å². The van der Waals surface area contributed by atoms with Gasteiger partial charge in [0.2, 0.25) is 5.91 Å². The van der Waals surface area contributed by atoms with Crippen LogP contribution < -0.4 is 0 Å². The van der Waals surface area contributed by atoms with Gasteiger partial charge >= 0.3 is 0 Å². The van der Waals surface area contributed by atoms with Crippen molar-refractivity contribution >= 4 is 5.91 Å². The van der Waals surface area contributed by atoms with Crippen molar-refractivity contribution in [3.05, 3.63) is 0 Å². The van der Waals surface area contributed by atoms with E-state index in [1.807, 2.05) is 0 Å². The van der Waals surface area contributed by atoms with Gasteiger partial charge < -0.3 is 4.90 Å². The first kappa shape index (κ1) is 11.9. The Kier molecular flexibility index (Phi) is 3.56. The van der Waals surface area contributed by atoms with E-state index in [4.69, 9.17) is 0 Å². The fraction of sp³-hybridized carbons (Fsp3) is 0.929. The number of hydrogen-bond donors (Lipinski definition) is 0. The lowest BCUT2D eigenvalue weighted by atomic mass is 10.00. The number of carbonyl (C=O) groups is 1. The first-order valence-corrected chi connectivity index (χ1v) is 6.93. The van der Waals surface area contributed by atoms with Gasteiger partial charge in [-0.15, -0.1) is 0 Å². The van der Waals surface area contributed by atoms with Crippen molar-refractivity contribution in [3.8, 4) is 0 Å². The van der Waals surface area contributed by atoms with E-state index in [9.17, 15) is 4.79 Å². The third-order valence-electron chi connectivity index (χ3n) is 4.30. The van der Waals surface area contributed by atoms with Crippen LogP contribution in [0.25, 0.3) is 0 Å². The molecule has 16 heavy (non-hydrogen) atoms. The van der Waals surface area contributed by atoms with Gasteiger partial charge in [-0.05, 0) is 38.5 Å². The van der Waals surface area contributed by atoms with E-state index in [1.54, 1.807) is 0 Å². The highest BCUT2D eigenvalue weighted by atomic mass is 16.2. The molecule has 2 fully saturated rings. The zero-order chi connectivity index (χ0) is 11.7. The molecule has 0 radical (unpaired) electrons. The van der Waals surface area contributed by atoms with E-state index in [0.717, 1.165) is 12.8 Å². The fourth-order valence-electron chi connectivity index (χ4n) is 2.77. The minimum absolute atomic E-state index is 0.349. The lowest BCUT2D eigenvalue weighted by Crippen LogP contribution is -2.45. The predicted molar refractivity (Wildman–Crippen MR) is 66.1 cm³/mol. The van der Waals surface area contributed by atoms with Gasteiger partial charge in [-0.2, -0.15) is 0 Å². The Morgan fingerprint density at radius 3 is 2.06 bits per heavy atom. The molecule has 1 unspecified atom stereocenters. The lowest BCUT2D eigenvalue weighted by Gasteiger charge is -2.34. The second kappa shape index (κ2) is 4.77. The standard InChI is InChI=1S/C14H25NO/c1-10(2)11(3)15(13-8-9-13)14(16)12-6-4-5-7-12/h10-13H,4-9H2,1-3H3. The molecule has 0 bridgehead atoms. The first-order chi connectivity index (χ1) is 7.61. The van der Waals surface area contributed by atoms with E-state index < -0.39 is 0 Å². The van der Waals surface area contributed by atoms with E-state index in [-0.39, 0.29) is 0 Å². The lowest BCUT2D eigenvalue weighted by molar-refractivity contribution is -0.139. The van der Waals surface area contributed by atoms with Gasteiger partial charge in [-0.3, -0.25) is 4.79 Å². The molecule has 0 aliphatic heterocycles. The third-order valence-corrected chi connectivity index (χ3v) is 4.30. The zero-order valence-electron chi connectivity index (χ0n) is 10.9. The summed E-state index contributed by atoms with van der Waals surface area (Å²) < 4.78 is 0. The second-order valence-electron chi connectivity index (χ2n) is 5.94. The zero-order valence-corrected chi connectivity index (χ0v) is 10.9. The van der Waals surface area contributed by atoms with Crippen LogP contribution in [0.15, 0.2) is 0 Å². The maximum Gasteiger partial charge on any atom is 0.226 e. The molecule has 0 N–H and O–H groups in total. The summed E-state index contributed by atoms with van der Waals surface area (Å²) in [5.41, 5.74) is 0. The fourth-order valence-corrected chi connectivity index (χ4v) is 2.77. The van der Waals surface area contributed by atoms with Gasteiger partial charge in [-0.1, -0.05) is 26.7 Å². The summed E-state index contributed by atoms with van der Waals surface area (Å²) in [6.07, 6.45) is 7.24. The minimum Gasteiger partial charge on any atom is -0.337 e. The van der Waals surface area contributed by atoms with Crippen LogP contribution in [0.1, 0.15) is 59.3 Å². The van der Waals surface area contributed by atoms with E-state index in [2.05, 4.69) is 25.7 Å². The summed E-state index contributed by atoms with van der Waals surface area (Å²) in [4.78, 5) is 14.7. The Balaban J connectivity index is 2.03. The molecule has 2 saturated carbocycles. The van der Waals surface area contributed by atoms with Crippen molar-refractivity contribution in [1.29, 1.82) is 0 Å². The van der Waals surface area contributed by atoms with Gasteiger partial charge in [0.15, 0.2) is 0 Å². The van der Waals surface area contributed by atoms with Crippen LogP contribution in [-0.4, -0.2) is 22.9 Å². The van der Waals surface area contributed by atoms with Crippen LogP contribution in [0.3, 0.4) is 0 Å². The summed E-state index contributed by atoms with van der Waals surface area (Å²) >= 11 is 0. The molecular weight excluding hydrogens is 198 g/mol. The molecule has 2 nitrogen and oxygen atoms in total. The largest absolute Gasteiger partial charge is 0.337 e. The Labute approximate surface area is 99.4 Å². The van der Waals surface area contributed by atoms with Gasteiger partial charge in [0.1, 0.15) is 0 Å². The molecule has 1 atom stereocenters. The second-order valence-corrected chi connectivity index (χ2v) is 5.94. The van der Waals surface area contributed by atoms with Crippen LogP contribution in [-0.2, 0) is 4.79 Å². The summed E-state index contributed by atoms with van der Waals surface area (Å²) in [6, 6.07) is 0.992. The highest BCUT2D eigenvalue weighted by Crippen LogP contribution is 2.35. The highest BCUT2D eigenvalue weighted by Gasteiger charge is 2.39. The molecule has 1 amide bonds. The topological polar surface area (TPSA) is 20.3 Å². The van der Waals surface area contributed by atoms with Crippen molar-refractivity contribution in [2.45, 2.75) is 71.4 Å². The molecule has 0 aromatic rings. The van der Waals surface area contributed by atoms with E-state index >= 15 is 0 Å². The quantitative estimate of drug-likeness (QED) is 0.716. The molecule has 2 aliphatic carbocycles. The summed E-state index contributed by atoms with van der Waals surface area (Å²) in [5.74, 6) is 1.38. The average molecular weight is 223 g/mol. The van der Waals surface area contributed by atoms with Crippen LogP contribution in [0.4, 0.5) is 0 Å². The number of carbonyl (C=O) groups excluding carboxylic acids is 1. The molecule has 92 valence electrons. The van der Waals surface area contributed by atoms with Crippen molar-refractivity contribution in [2.24, 2.45) is 11.8 Å². The van der Waals surface area contributed by atoms with Gasteiger partial charge in [0, 0.05) is 18.0 Å². The van der Waals surface area contributed by atoms with Crippen LogP contribution in [0, 0.1) is 11.8 Å². The van der Waals surface area contributed by atoms with Crippen molar-refractivity contribution < 1.29 is 4.79 Å². The van der Waals surface area contributed by atoms with Crippen molar-refractivity contribution in [1.82, 2.24) is 4.90 Å². The van der Waals surface area contributed by atoms with Gasteiger partial charge in [0.25, 0.3) is 0 Å². The van der Waals surface area contributed by atoms with E-state index in [0.29, 0.717) is 29.8 Å². The highest BCUT2D eigenvalue weighted by molar-refractivity contribution is 5.80. The Morgan fingerprint density at radius 2 is 1.62 bits per heavy atom. The van der Waals surface area contributed by atoms with Crippen molar-refractivity contribution in [3.63, 3.8) is 0 Å². The molecular formula is C14H25NO. The smallest absolute Gasteiger partial charge is 0.226 e.